The topological polar surface area (TPSA) is 102 Å². The van der Waals surface area contributed by atoms with E-state index in [4.69, 9.17) is 0 Å². The van der Waals surface area contributed by atoms with Gasteiger partial charge in [0, 0.05) is 30.5 Å². The maximum absolute atomic E-state index is 12.8. The number of anilines is 1. The highest BCUT2D eigenvalue weighted by atomic mass is 32.1. The summed E-state index contributed by atoms with van der Waals surface area (Å²) in [5.74, 6) is -1.09. The first-order valence-electron chi connectivity index (χ1n) is 7.56. The minimum absolute atomic E-state index is 0.0200. The molecule has 0 saturated carbocycles. The summed E-state index contributed by atoms with van der Waals surface area (Å²) in [7, 11) is 0. The van der Waals surface area contributed by atoms with Gasteiger partial charge in [-0.3, -0.25) is 19.7 Å². The molecule has 1 amide bonds. The van der Waals surface area contributed by atoms with E-state index in [0.717, 1.165) is 11.3 Å². The molecule has 7 nitrogen and oxygen atoms in total. The Morgan fingerprint density at radius 2 is 1.88 bits per heavy atom. The average Bonchev–Trinajstić information content (AvgIpc) is 3.01. The van der Waals surface area contributed by atoms with E-state index in [1.54, 1.807) is 0 Å². The van der Waals surface area contributed by atoms with E-state index >= 15 is 0 Å². The van der Waals surface area contributed by atoms with Crippen LogP contribution in [0.3, 0.4) is 0 Å². The van der Waals surface area contributed by atoms with Crippen LogP contribution in [-0.4, -0.2) is 21.6 Å². The summed E-state index contributed by atoms with van der Waals surface area (Å²) < 4.78 is 13.4. The monoisotopic (exact) mass is 373 g/mol. The average molecular weight is 373 g/mol. The number of nitrogens with zero attached hydrogens (tertiary/aromatic N) is 2. The molecule has 0 saturated heterocycles. The maximum atomic E-state index is 12.8. The summed E-state index contributed by atoms with van der Waals surface area (Å²) in [4.78, 5) is 38.4. The third-order valence-corrected chi connectivity index (χ3v) is 4.51. The van der Waals surface area contributed by atoms with Crippen molar-refractivity contribution in [3.8, 4) is 0 Å². The normalized spacial score (nSPS) is 10.7. The Kier molecular flexibility index (Phi) is 4.99. The van der Waals surface area contributed by atoms with E-state index < -0.39 is 16.6 Å². The number of Topliss-reactive ketones (excluding diaryl/α,β-unsaturated/α-hetero) is 1. The first kappa shape index (κ1) is 17.6. The van der Waals surface area contributed by atoms with Crippen molar-refractivity contribution >= 4 is 44.1 Å². The van der Waals surface area contributed by atoms with Crippen molar-refractivity contribution in [1.29, 1.82) is 0 Å². The van der Waals surface area contributed by atoms with Crippen LogP contribution in [-0.2, 0) is 4.79 Å². The molecule has 0 aliphatic carbocycles. The first-order chi connectivity index (χ1) is 12.4. The highest BCUT2D eigenvalue weighted by Gasteiger charge is 2.13. The summed E-state index contributed by atoms with van der Waals surface area (Å²) in [5.41, 5.74) is 0.828. The zero-order valence-corrected chi connectivity index (χ0v) is 14.1. The molecule has 0 spiro atoms. The molecule has 3 rings (SSSR count). The predicted molar refractivity (Wildman–Crippen MR) is 94.9 cm³/mol. The van der Waals surface area contributed by atoms with Crippen molar-refractivity contribution in [2.24, 2.45) is 0 Å². The van der Waals surface area contributed by atoms with Crippen LogP contribution >= 0.6 is 11.3 Å². The van der Waals surface area contributed by atoms with Crippen molar-refractivity contribution in [3.05, 3.63) is 64.0 Å². The van der Waals surface area contributed by atoms with Gasteiger partial charge in [-0.25, -0.2) is 9.37 Å². The van der Waals surface area contributed by atoms with Gasteiger partial charge < -0.3 is 5.32 Å². The van der Waals surface area contributed by atoms with Gasteiger partial charge in [-0.2, -0.15) is 0 Å². The van der Waals surface area contributed by atoms with Crippen LogP contribution in [0, 0.1) is 15.9 Å². The number of thiazole rings is 1. The summed E-state index contributed by atoms with van der Waals surface area (Å²) in [5, 5.41) is 13.7. The molecule has 1 N–H and O–H groups in total. The SMILES string of the molecule is O=C(CCC(=O)c1ccc(F)cc1)Nc1nc2ccc([N+](=O)[O-])cc2s1. The van der Waals surface area contributed by atoms with Crippen molar-refractivity contribution in [3.63, 3.8) is 0 Å². The number of hydrogen-bond donors (Lipinski definition) is 1. The van der Waals surface area contributed by atoms with Gasteiger partial charge >= 0.3 is 0 Å². The zero-order chi connectivity index (χ0) is 18.7. The number of ketones is 1. The molecule has 132 valence electrons. The lowest BCUT2D eigenvalue weighted by Gasteiger charge is -2.02. The summed E-state index contributed by atoms with van der Waals surface area (Å²) >= 11 is 1.12. The molecule has 1 heterocycles. The second-order valence-electron chi connectivity index (χ2n) is 5.41. The molecule has 3 aromatic rings. The second-order valence-corrected chi connectivity index (χ2v) is 6.44. The van der Waals surface area contributed by atoms with Gasteiger partial charge in [-0.15, -0.1) is 0 Å². The van der Waals surface area contributed by atoms with Crippen LogP contribution in [0.2, 0.25) is 0 Å². The van der Waals surface area contributed by atoms with Crippen molar-refractivity contribution in [1.82, 2.24) is 4.98 Å². The Bertz CT molecular complexity index is 1000. The van der Waals surface area contributed by atoms with E-state index in [2.05, 4.69) is 10.3 Å². The predicted octanol–water partition coefficient (Wildman–Crippen LogP) is 3.95. The molecule has 0 radical (unpaired) electrons. The number of non-ortho nitro benzene ring substituents is 1. The third kappa shape index (κ3) is 4.06. The van der Waals surface area contributed by atoms with Crippen molar-refractivity contribution in [2.75, 3.05) is 5.32 Å². The second kappa shape index (κ2) is 7.36. The Morgan fingerprint density at radius 3 is 2.58 bits per heavy atom. The lowest BCUT2D eigenvalue weighted by molar-refractivity contribution is -0.384. The maximum Gasteiger partial charge on any atom is 0.270 e. The Hall–Kier alpha value is -3.20. The van der Waals surface area contributed by atoms with Crippen LogP contribution in [0.25, 0.3) is 10.2 Å². The summed E-state index contributed by atoms with van der Waals surface area (Å²) in [6, 6.07) is 9.36. The highest BCUT2D eigenvalue weighted by Crippen LogP contribution is 2.29. The molecule has 0 aliphatic rings. The fourth-order valence-electron chi connectivity index (χ4n) is 2.27. The number of aromatic nitrogens is 1. The van der Waals surface area contributed by atoms with Crippen LogP contribution in [0.1, 0.15) is 23.2 Å². The van der Waals surface area contributed by atoms with Gasteiger partial charge in [0.15, 0.2) is 10.9 Å². The number of nitro benzene ring substituents is 1. The Labute approximate surface area is 150 Å². The van der Waals surface area contributed by atoms with Crippen LogP contribution in [0.5, 0.6) is 0 Å². The van der Waals surface area contributed by atoms with E-state index in [9.17, 15) is 24.1 Å². The van der Waals surface area contributed by atoms with E-state index in [-0.39, 0.29) is 24.3 Å². The third-order valence-electron chi connectivity index (χ3n) is 3.57. The highest BCUT2D eigenvalue weighted by molar-refractivity contribution is 7.22. The van der Waals surface area contributed by atoms with Crippen LogP contribution in [0.4, 0.5) is 15.2 Å². The molecule has 0 bridgehead atoms. The van der Waals surface area contributed by atoms with Gasteiger partial charge in [0.25, 0.3) is 5.69 Å². The number of benzene rings is 2. The van der Waals surface area contributed by atoms with Crippen LogP contribution < -0.4 is 5.32 Å². The molecule has 0 unspecified atom stereocenters. The minimum atomic E-state index is -0.502. The zero-order valence-electron chi connectivity index (χ0n) is 13.3. The van der Waals surface area contributed by atoms with E-state index in [1.165, 1.54) is 42.5 Å². The molecule has 26 heavy (non-hydrogen) atoms. The van der Waals surface area contributed by atoms with Crippen molar-refractivity contribution < 1.29 is 18.9 Å². The Balaban J connectivity index is 1.61. The minimum Gasteiger partial charge on any atom is -0.302 e. The number of amides is 1. The molecular formula is C17H12FN3O4S. The Morgan fingerprint density at radius 1 is 1.15 bits per heavy atom. The molecule has 9 heteroatoms. The molecular weight excluding hydrogens is 361 g/mol. The molecule has 1 aromatic heterocycles. The number of rotatable bonds is 6. The van der Waals surface area contributed by atoms with Gasteiger partial charge in [-0.1, -0.05) is 11.3 Å². The lowest BCUT2D eigenvalue weighted by atomic mass is 10.1. The largest absolute Gasteiger partial charge is 0.302 e. The molecule has 0 atom stereocenters. The number of nitrogens with one attached hydrogen (secondary N) is 1. The quantitative estimate of drug-likeness (QED) is 0.400. The summed E-state index contributed by atoms with van der Waals surface area (Å²) in [6.45, 7) is 0. The smallest absolute Gasteiger partial charge is 0.270 e. The van der Waals surface area contributed by atoms with Gasteiger partial charge in [0.05, 0.1) is 15.1 Å². The van der Waals surface area contributed by atoms with E-state index in [0.29, 0.717) is 20.9 Å². The standard InChI is InChI=1S/C17H12FN3O4S/c18-11-3-1-10(2-4-11)14(22)7-8-16(23)20-17-19-13-6-5-12(21(24)25)9-15(13)26-17/h1-6,9H,7-8H2,(H,19,20,23). The number of carbonyl (C=O) groups is 2. The van der Waals surface area contributed by atoms with Gasteiger partial charge in [-0.05, 0) is 30.3 Å². The fourth-order valence-corrected chi connectivity index (χ4v) is 3.18. The fraction of sp³-hybridized carbons (Fsp3) is 0.118. The van der Waals surface area contributed by atoms with Gasteiger partial charge in [0.2, 0.25) is 5.91 Å². The first-order valence-corrected chi connectivity index (χ1v) is 8.37. The van der Waals surface area contributed by atoms with E-state index in [1.807, 2.05) is 0 Å². The number of nitro groups is 1. The van der Waals surface area contributed by atoms with Gasteiger partial charge in [0.1, 0.15) is 5.82 Å². The number of hydrogen-bond acceptors (Lipinski definition) is 6. The summed E-state index contributed by atoms with van der Waals surface area (Å²) in [6.07, 6.45) is -0.0693. The number of fused-ring (bicyclic) bond motifs is 1. The van der Waals surface area contributed by atoms with Crippen LogP contribution in [0.15, 0.2) is 42.5 Å². The van der Waals surface area contributed by atoms with Crippen molar-refractivity contribution in [2.45, 2.75) is 12.8 Å². The molecule has 2 aromatic carbocycles. The lowest BCUT2D eigenvalue weighted by Crippen LogP contribution is -2.13. The number of halogens is 1. The molecule has 0 aliphatic heterocycles. The number of carbonyl (C=O) groups excluding carboxylic acids is 2. The molecule has 0 fully saturated rings.